The number of piperazine rings is 1. The maximum atomic E-state index is 13.8. The second-order valence-corrected chi connectivity index (χ2v) is 12.0. The Morgan fingerprint density at radius 3 is 2.00 bits per heavy atom. The zero-order valence-corrected chi connectivity index (χ0v) is 28.5. The summed E-state index contributed by atoms with van der Waals surface area (Å²) < 4.78 is 16.5. The Balaban J connectivity index is 1.43. The quantitative estimate of drug-likeness (QED) is 0.187. The molecular weight excluding hydrogens is 594 g/mol. The van der Waals surface area contributed by atoms with E-state index in [-0.39, 0.29) is 30.8 Å². The van der Waals surface area contributed by atoms with E-state index in [1.165, 1.54) is 29.7 Å². The van der Waals surface area contributed by atoms with E-state index in [9.17, 15) is 14.4 Å². The van der Waals surface area contributed by atoms with Crippen molar-refractivity contribution in [3.63, 3.8) is 0 Å². The molecule has 0 bridgehead atoms. The van der Waals surface area contributed by atoms with Crippen molar-refractivity contribution in [1.82, 2.24) is 15.1 Å². The Kier molecular flexibility index (Phi) is 13.1. The normalized spacial score (nSPS) is 14.7. The van der Waals surface area contributed by atoms with Crippen molar-refractivity contribution in [2.24, 2.45) is 0 Å². The van der Waals surface area contributed by atoms with Crippen LogP contribution in [0.25, 0.3) is 11.1 Å². The highest BCUT2D eigenvalue weighted by molar-refractivity contribution is 5.97. The second kappa shape index (κ2) is 17.4. The highest BCUT2D eigenvalue weighted by atomic mass is 16.5. The second-order valence-electron chi connectivity index (χ2n) is 12.0. The first-order valence-corrected chi connectivity index (χ1v) is 16.6. The number of aryl methyl sites for hydroxylation is 1. The molecule has 3 aromatic rings. The molecule has 0 radical (unpaired) electrons. The number of hydrogen-bond acceptors (Lipinski definition) is 6. The molecule has 0 spiro atoms. The smallest absolute Gasteiger partial charge is 0.246 e. The number of rotatable bonds is 17. The lowest BCUT2D eigenvalue weighted by molar-refractivity contribution is -0.157. The third-order valence-corrected chi connectivity index (χ3v) is 8.67. The van der Waals surface area contributed by atoms with Gasteiger partial charge in [0.25, 0.3) is 0 Å². The van der Waals surface area contributed by atoms with E-state index in [1.807, 2.05) is 48.5 Å². The number of unbranched alkanes of at least 4 members (excludes halogenated alkanes) is 3. The van der Waals surface area contributed by atoms with Crippen LogP contribution in [0.4, 0.5) is 0 Å². The van der Waals surface area contributed by atoms with Gasteiger partial charge in [-0.2, -0.15) is 0 Å². The number of hydrogen-bond donors (Lipinski definition) is 1. The fourth-order valence-electron chi connectivity index (χ4n) is 5.93. The lowest BCUT2D eigenvalue weighted by Crippen LogP contribution is -2.62. The number of benzene rings is 3. The molecule has 0 saturated carbocycles. The molecule has 1 aliphatic heterocycles. The molecule has 1 N–H and O–H groups in total. The maximum Gasteiger partial charge on any atom is 0.246 e. The van der Waals surface area contributed by atoms with Crippen LogP contribution < -0.4 is 19.5 Å². The Labute approximate surface area is 279 Å². The molecular formula is C38H49N3O6. The Hall–Kier alpha value is -4.53. The lowest BCUT2D eigenvalue weighted by atomic mass is 9.97. The van der Waals surface area contributed by atoms with Gasteiger partial charge in [-0.05, 0) is 59.2 Å². The molecule has 4 rings (SSSR count). The van der Waals surface area contributed by atoms with E-state index >= 15 is 0 Å². The number of nitrogens with one attached hydrogen (secondary N) is 1. The molecule has 1 aliphatic rings. The topological polar surface area (TPSA) is 97.4 Å². The first kappa shape index (κ1) is 35.3. The molecule has 9 heteroatoms. The minimum atomic E-state index is -0.678. The van der Waals surface area contributed by atoms with Crippen LogP contribution in [0, 0.1) is 0 Å². The Morgan fingerprint density at radius 2 is 1.40 bits per heavy atom. The van der Waals surface area contributed by atoms with Crippen molar-refractivity contribution < 1.29 is 28.6 Å². The third kappa shape index (κ3) is 9.27. The highest BCUT2D eigenvalue weighted by Gasteiger charge is 2.39. The number of carbonyl (C=O) groups is 3. The van der Waals surface area contributed by atoms with Crippen LogP contribution in [0.15, 0.2) is 60.7 Å². The van der Waals surface area contributed by atoms with Gasteiger partial charge < -0.3 is 29.3 Å². The fraction of sp³-hybridized carbons (Fsp3) is 0.447. The molecule has 3 amide bonds. The van der Waals surface area contributed by atoms with Crippen molar-refractivity contribution in [1.29, 1.82) is 0 Å². The molecule has 252 valence electrons. The van der Waals surface area contributed by atoms with Gasteiger partial charge in [0.15, 0.2) is 11.5 Å². The van der Waals surface area contributed by atoms with Crippen LogP contribution in [0.5, 0.6) is 17.2 Å². The van der Waals surface area contributed by atoms with E-state index in [2.05, 4.69) is 31.3 Å². The molecule has 3 aromatic carbocycles. The van der Waals surface area contributed by atoms with Gasteiger partial charge >= 0.3 is 0 Å². The summed E-state index contributed by atoms with van der Waals surface area (Å²) in [6.07, 6.45) is 6.69. The fourth-order valence-corrected chi connectivity index (χ4v) is 5.93. The summed E-state index contributed by atoms with van der Waals surface area (Å²) in [5.74, 6) is 1.01. The molecule has 1 fully saturated rings. The van der Waals surface area contributed by atoms with E-state index in [4.69, 9.17) is 14.2 Å². The van der Waals surface area contributed by atoms with Crippen LogP contribution in [0.3, 0.4) is 0 Å². The maximum absolute atomic E-state index is 13.8. The van der Waals surface area contributed by atoms with Crippen LogP contribution >= 0.6 is 0 Å². The lowest BCUT2D eigenvalue weighted by Gasteiger charge is -2.40. The van der Waals surface area contributed by atoms with Crippen molar-refractivity contribution >= 4 is 17.7 Å². The Morgan fingerprint density at radius 1 is 0.787 bits per heavy atom. The molecule has 9 nitrogen and oxygen atoms in total. The van der Waals surface area contributed by atoms with Crippen LogP contribution in [-0.4, -0.2) is 74.5 Å². The highest BCUT2D eigenvalue weighted by Crippen LogP contribution is 2.41. The van der Waals surface area contributed by atoms with Gasteiger partial charge in [0.1, 0.15) is 19.1 Å². The van der Waals surface area contributed by atoms with Gasteiger partial charge in [-0.1, -0.05) is 81.6 Å². The first-order chi connectivity index (χ1) is 22.8. The van der Waals surface area contributed by atoms with Crippen molar-refractivity contribution in [2.75, 3.05) is 41.0 Å². The molecule has 1 atom stereocenters. The van der Waals surface area contributed by atoms with Gasteiger partial charge in [-0.3, -0.25) is 14.4 Å². The van der Waals surface area contributed by atoms with Crippen molar-refractivity contribution in [3.8, 4) is 28.4 Å². The van der Waals surface area contributed by atoms with Crippen LogP contribution in [-0.2, 0) is 33.8 Å². The molecule has 0 unspecified atom stereocenters. The number of amides is 3. The Bertz CT molecular complexity index is 1460. The number of carbonyl (C=O) groups excluding carboxylic acids is 3. The molecule has 1 saturated heterocycles. The zero-order chi connectivity index (χ0) is 33.8. The summed E-state index contributed by atoms with van der Waals surface area (Å²) >= 11 is 0. The van der Waals surface area contributed by atoms with Crippen molar-refractivity contribution in [2.45, 2.75) is 71.4 Å². The van der Waals surface area contributed by atoms with Gasteiger partial charge in [0.05, 0.1) is 21.3 Å². The molecule has 47 heavy (non-hydrogen) atoms. The summed E-state index contributed by atoms with van der Waals surface area (Å²) in [6, 6.07) is 19.3. The summed E-state index contributed by atoms with van der Waals surface area (Å²) in [4.78, 5) is 43.2. The summed E-state index contributed by atoms with van der Waals surface area (Å²) in [6.45, 7) is 4.87. The van der Waals surface area contributed by atoms with Crippen LogP contribution in [0.2, 0.25) is 0 Å². The summed E-state index contributed by atoms with van der Waals surface area (Å²) in [7, 11) is 4.73. The van der Waals surface area contributed by atoms with E-state index in [1.54, 1.807) is 26.2 Å². The van der Waals surface area contributed by atoms with E-state index < -0.39 is 6.04 Å². The number of nitrogens with zero attached hydrogens (tertiary/aromatic N) is 2. The SMILES string of the molecule is CCCCCc1ccc(CNC(=O)CN2CC(=O)N(CCCC)[C@H](Cc3ccc(-c4cc(OC)c(OC)c(OC)c4)cc3)C2=O)cc1. The third-order valence-electron chi connectivity index (χ3n) is 8.67. The first-order valence-electron chi connectivity index (χ1n) is 16.6. The van der Waals surface area contributed by atoms with E-state index in [0.29, 0.717) is 36.8 Å². The average molecular weight is 644 g/mol. The molecule has 0 aliphatic carbocycles. The monoisotopic (exact) mass is 643 g/mol. The summed E-state index contributed by atoms with van der Waals surface area (Å²) in [5, 5.41) is 2.93. The van der Waals surface area contributed by atoms with Gasteiger partial charge in [0.2, 0.25) is 23.5 Å². The predicted molar refractivity (Wildman–Crippen MR) is 184 cm³/mol. The van der Waals surface area contributed by atoms with Crippen LogP contribution in [0.1, 0.15) is 62.6 Å². The van der Waals surface area contributed by atoms with Gasteiger partial charge in [-0.15, -0.1) is 0 Å². The number of ether oxygens (including phenoxy) is 3. The average Bonchev–Trinajstić information content (AvgIpc) is 3.09. The van der Waals surface area contributed by atoms with Gasteiger partial charge in [0, 0.05) is 19.5 Å². The van der Waals surface area contributed by atoms with Crippen molar-refractivity contribution in [3.05, 3.63) is 77.4 Å². The minimum absolute atomic E-state index is 0.0982. The predicted octanol–water partition coefficient (Wildman–Crippen LogP) is 5.81. The summed E-state index contributed by atoms with van der Waals surface area (Å²) in [5.41, 5.74) is 5.03. The standard InChI is InChI=1S/C38H49N3O6/c1-6-8-10-11-27-12-14-29(15-13-27)24-39-35(42)25-40-26-36(43)41(20-9-7-2)32(38(40)44)21-28-16-18-30(19-17-28)31-22-33(45-3)37(47-5)34(23-31)46-4/h12-19,22-23,32H,6-11,20-21,24-26H2,1-5H3,(H,39,42)/t32-/m1/s1. The van der Waals surface area contributed by atoms with E-state index in [0.717, 1.165) is 41.5 Å². The molecule has 0 aromatic heterocycles. The van der Waals surface area contributed by atoms with Gasteiger partial charge in [-0.25, -0.2) is 0 Å². The number of methoxy groups -OCH3 is 3. The molecule has 1 heterocycles. The zero-order valence-electron chi connectivity index (χ0n) is 28.5. The largest absolute Gasteiger partial charge is 0.493 e. The minimum Gasteiger partial charge on any atom is -0.493 e.